The van der Waals surface area contributed by atoms with Crippen LogP contribution in [-0.2, 0) is 0 Å². The van der Waals surface area contributed by atoms with Gasteiger partial charge in [-0.05, 0) is 38.5 Å². The highest BCUT2D eigenvalue weighted by molar-refractivity contribution is 4.88. The van der Waals surface area contributed by atoms with E-state index in [4.69, 9.17) is 0 Å². The number of halogens is 1. The molecule has 2 saturated heterocycles. The molecule has 4 unspecified atom stereocenters. The van der Waals surface area contributed by atoms with Crippen LogP contribution in [0, 0.1) is 5.92 Å². The van der Waals surface area contributed by atoms with Crippen molar-refractivity contribution < 1.29 is 28.5 Å². The third-order valence-electron chi connectivity index (χ3n) is 5.46. The molecule has 0 radical (unpaired) electrons. The predicted octanol–water partition coefficient (Wildman–Crippen LogP) is -0.0480. The highest BCUT2D eigenvalue weighted by atomic mass is 127. The number of hydrogen-bond donors (Lipinski definition) is 0. The highest BCUT2D eigenvalue weighted by Crippen LogP contribution is 2.47. The van der Waals surface area contributed by atoms with E-state index in [1.807, 2.05) is 0 Å². The van der Waals surface area contributed by atoms with Gasteiger partial charge in [-0.25, -0.2) is 0 Å². The van der Waals surface area contributed by atoms with Crippen molar-refractivity contribution in [2.75, 3.05) is 13.6 Å². The Kier molecular flexibility index (Phi) is 3.66. The number of quaternary nitrogens is 1. The largest absolute Gasteiger partial charge is 1.00 e. The van der Waals surface area contributed by atoms with Gasteiger partial charge in [-0.3, -0.25) is 0 Å². The molecule has 0 aromatic carbocycles. The van der Waals surface area contributed by atoms with Crippen LogP contribution in [0.1, 0.15) is 51.4 Å². The summed E-state index contributed by atoms with van der Waals surface area (Å²) in [5.74, 6) is 1.11. The van der Waals surface area contributed by atoms with E-state index in [1.54, 1.807) is 12.8 Å². The summed E-state index contributed by atoms with van der Waals surface area (Å²) < 4.78 is 1.48. The van der Waals surface area contributed by atoms with Crippen LogP contribution in [0.2, 0.25) is 0 Å². The molecule has 1 nitrogen and oxygen atoms in total. The molecule has 88 valence electrons. The van der Waals surface area contributed by atoms with E-state index in [0.29, 0.717) is 0 Å². The number of nitrogens with zero attached hydrogens (tertiary/aromatic N) is 1. The zero-order valence-electron chi connectivity index (χ0n) is 9.92. The first-order valence-electron chi connectivity index (χ1n) is 6.65. The van der Waals surface area contributed by atoms with E-state index in [0.717, 1.165) is 18.0 Å². The third kappa shape index (κ3) is 1.86. The van der Waals surface area contributed by atoms with Crippen molar-refractivity contribution in [3.63, 3.8) is 0 Å². The van der Waals surface area contributed by atoms with Gasteiger partial charge in [-0.1, -0.05) is 6.42 Å². The second kappa shape index (κ2) is 4.52. The summed E-state index contributed by atoms with van der Waals surface area (Å²) in [7, 11) is 2.57. The molecule has 0 spiro atoms. The molecule has 0 N–H and O–H groups in total. The van der Waals surface area contributed by atoms with Crippen molar-refractivity contribution in [3.8, 4) is 0 Å². The summed E-state index contributed by atoms with van der Waals surface area (Å²) in [6, 6.07) is 2.12. The van der Waals surface area contributed by atoms with Crippen LogP contribution >= 0.6 is 0 Å². The molecular weight excluding hydrogens is 297 g/mol. The van der Waals surface area contributed by atoms with Gasteiger partial charge in [-0.2, -0.15) is 0 Å². The van der Waals surface area contributed by atoms with Gasteiger partial charge in [0.2, 0.25) is 0 Å². The number of piperidine rings is 1. The summed E-state index contributed by atoms with van der Waals surface area (Å²) in [4.78, 5) is 0. The van der Waals surface area contributed by atoms with Crippen LogP contribution in [0.3, 0.4) is 0 Å². The van der Waals surface area contributed by atoms with Crippen LogP contribution in [-0.4, -0.2) is 30.2 Å². The molecular formula is C13H24IN. The van der Waals surface area contributed by atoms with E-state index in [1.165, 1.54) is 49.6 Å². The average molecular weight is 321 g/mol. The minimum atomic E-state index is 0. The monoisotopic (exact) mass is 321 g/mol. The van der Waals surface area contributed by atoms with Crippen LogP contribution in [0.25, 0.3) is 0 Å². The predicted molar refractivity (Wildman–Crippen MR) is 59.1 cm³/mol. The Morgan fingerprint density at radius 3 is 2.53 bits per heavy atom. The fraction of sp³-hybridized carbons (Fsp3) is 1.00. The molecule has 3 aliphatic rings. The van der Waals surface area contributed by atoms with Gasteiger partial charge in [0.25, 0.3) is 0 Å². The fourth-order valence-corrected chi connectivity index (χ4v) is 4.69. The smallest absolute Gasteiger partial charge is 0.0921 e. The molecule has 3 fully saturated rings. The van der Waals surface area contributed by atoms with E-state index < -0.39 is 0 Å². The van der Waals surface area contributed by atoms with Crippen molar-refractivity contribution >= 4 is 0 Å². The summed E-state index contributed by atoms with van der Waals surface area (Å²) in [6.45, 7) is 1.49. The Labute approximate surface area is 111 Å². The van der Waals surface area contributed by atoms with Crippen LogP contribution in [0.5, 0.6) is 0 Å². The van der Waals surface area contributed by atoms with E-state index >= 15 is 0 Å². The average Bonchev–Trinajstić information content (AvgIpc) is 2.51. The minimum Gasteiger partial charge on any atom is -1.00 e. The summed E-state index contributed by atoms with van der Waals surface area (Å²) in [5.41, 5.74) is 0. The highest BCUT2D eigenvalue weighted by Gasteiger charge is 2.52. The maximum atomic E-state index is 2.57. The Bertz CT molecular complexity index is 231. The third-order valence-corrected chi connectivity index (χ3v) is 5.46. The van der Waals surface area contributed by atoms with Crippen LogP contribution in [0.15, 0.2) is 0 Å². The summed E-state index contributed by atoms with van der Waals surface area (Å²) in [6.07, 6.45) is 12.2. The SMILES string of the molecule is C[N+]12CCCCC1CC1CCCCC12.[I-]. The quantitative estimate of drug-likeness (QED) is 0.434. The van der Waals surface area contributed by atoms with Gasteiger partial charge >= 0.3 is 0 Å². The lowest BCUT2D eigenvalue weighted by Crippen LogP contribution is -3.00. The van der Waals surface area contributed by atoms with Crippen LogP contribution < -0.4 is 24.0 Å². The maximum absolute atomic E-state index is 2.57. The molecule has 2 heteroatoms. The molecule has 0 amide bonds. The van der Waals surface area contributed by atoms with E-state index in [2.05, 4.69) is 7.05 Å². The van der Waals surface area contributed by atoms with Gasteiger partial charge in [-0.15, -0.1) is 0 Å². The lowest BCUT2D eigenvalue weighted by molar-refractivity contribution is -0.950. The van der Waals surface area contributed by atoms with Crippen LogP contribution in [0.4, 0.5) is 0 Å². The topological polar surface area (TPSA) is 0 Å². The normalized spacial score (nSPS) is 49.0. The maximum Gasteiger partial charge on any atom is 0.0921 e. The number of hydrogen-bond acceptors (Lipinski definition) is 0. The second-order valence-electron chi connectivity index (χ2n) is 6.07. The molecule has 0 bridgehead atoms. The molecule has 0 aromatic heterocycles. The van der Waals surface area contributed by atoms with Gasteiger partial charge < -0.3 is 28.5 Å². The Hall–Kier alpha value is 0.690. The first-order valence-corrected chi connectivity index (χ1v) is 6.65. The standard InChI is InChI=1S/C13H24N.HI/c1-14-9-5-4-7-12(14)10-11-6-2-3-8-13(11)14;/h11-13H,2-10H2,1H3;1H/q+1;/p-1. The molecule has 1 aliphatic carbocycles. The lowest BCUT2D eigenvalue weighted by Gasteiger charge is -2.46. The Morgan fingerprint density at radius 2 is 1.67 bits per heavy atom. The minimum absolute atomic E-state index is 0. The zero-order chi connectivity index (χ0) is 9.60. The zero-order valence-corrected chi connectivity index (χ0v) is 12.1. The van der Waals surface area contributed by atoms with Crippen molar-refractivity contribution in [1.82, 2.24) is 0 Å². The first-order chi connectivity index (χ1) is 6.81. The van der Waals surface area contributed by atoms with Gasteiger partial charge in [0.05, 0.1) is 25.7 Å². The molecule has 1 saturated carbocycles. The first kappa shape index (κ1) is 12.2. The van der Waals surface area contributed by atoms with Crippen molar-refractivity contribution in [3.05, 3.63) is 0 Å². The molecule has 2 aliphatic heterocycles. The van der Waals surface area contributed by atoms with Crippen molar-refractivity contribution in [2.45, 2.75) is 63.5 Å². The molecule has 3 rings (SSSR count). The van der Waals surface area contributed by atoms with E-state index in [-0.39, 0.29) is 24.0 Å². The second-order valence-corrected chi connectivity index (χ2v) is 6.07. The molecule has 15 heavy (non-hydrogen) atoms. The van der Waals surface area contributed by atoms with Crippen molar-refractivity contribution in [2.24, 2.45) is 5.92 Å². The van der Waals surface area contributed by atoms with Gasteiger partial charge in [0, 0.05) is 12.3 Å². The summed E-state index contributed by atoms with van der Waals surface area (Å²) >= 11 is 0. The Morgan fingerprint density at radius 1 is 0.933 bits per heavy atom. The molecule has 2 heterocycles. The van der Waals surface area contributed by atoms with Gasteiger partial charge in [0.1, 0.15) is 0 Å². The molecule has 0 aromatic rings. The van der Waals surface area contributed by atoms with E-state index in [9.17, 15) is 0 Å². The lowest BCUT2D eigenvalue weighted by atomic mass is 9.84. The van der Waals surface area contributed by atoms with Gasteiger partial charge in [0.15, 0.2) is 0 Å². The van der Waals surface area contributed by atoms with Crippen molar-refractivity contribution in [1.29, 1.82) is 0 Å². The molecule has 4 atom stereocenters. The summed E-state index contributed by atoms with van der Waals surface area (Å²) in [5, 5.41) is 0. The number of fused-ring (bicyclic) bond motifs is 3. The Balaban J connectivity index is 0.000000853. The fourth-order valence-electron chi connectivity index (χ4n) is 4.69. The number of rotatable bonds is 0.